The van der Waals surface area contributed by atoms with Gasteiger partial charge in [-0.1, -0.05) is 25.5 Å². The molecule has 0 radical (unpaired) electrons. The molecule has 2 rings (SSSR count). The van der Waals surface area contributed by atoms with Crippen molar-refractivity contribution in [3.05, 3.63) is 51.9 Å². The third-order valence-electron chi connectivity index (χ3n) is 3.71. The van der Waals surface area contributed by atoms with Crippen LogP contribution in [-0.2, 0) is 13.0 Å². The van der Waals surface area contributed by atoms with Gasteiger partial charge in [0.15, 0.2) is 0 Å². The maximum absolute atomic E-state index is 12.6. The van der Waals surface area contributed by atoms with Gasteiger partial charge in [-0.3, -0.25) is 4.79 Å². The van der Waals surface area contributed by atoms with Crippen LogP contribution in [0.15, 0.2) is 35.3 Å². The van der Waals surface area contributed by atoms with Crippen molar-refractivity contribution in [1.29, 1.82) is 0 Å². The molecular weight excluding hydrogens is 290 g/mol. The van der Waals surface area contributed by atoms with Gasteiger partial charge in [-0.15, -0.1) is 0 Å². The fourth-order valence-electron chi connectivity index (χ4n) is 2.50. The molecule has 0 saturated carbocycles. The zero-order valence-corrected chi connectivity index (χ0v) is 14.3. The second kappa shape index (κ2) is 7.81. The van der Waals surface area contributed by atoms with Gasteiger partial charge >= 0.3 is 0 Å². The largest absolute Gasteiger partial charge is 0.497 e. The summed E-state index contributed by atoms with van der Waals surface area (Å²) in [5.74, 6) is 0.825. The minimum absolute atomic E-state index is 0.00232. The highest BCUT2D eigenvalue weighted by Gasteiger charge is 2.12. The Hall–Kier alpha value is -2.30. The number of aromatic nitrogens is 2. The van der Waals surface area contributed by atoms with E-state index in [1.165, 1.54) is 0 Å². The van der Waals surface area contributed by atoms with E-state index in [4.69, 9.17) is 4.74 Å². The molecule has 0 aliphatic heterocycles. The standard InChI is InChI=1S/C18H25N3O2/c1-5-7-16-17(12-20-21(13(2)3)18(16)22)19-11-14-8-6-9-15(10-14)23-4/h6,8-10,12-13,19H,5,7,11H2,1-4H3. The van der Waals surface area contributed by atoms with Gasteiger partial charge in [0.2, 0.25) is 0 Å². The van der Waals surface area contributed by atoms with Crippen molar-refractivity contribution in [2.75, 3.05) is 12.4 Å². The Balaban J connectivity index is 2.25. The van der Waals surface area contributed by atoms with Crippen molar-refractivity contribution in [3.63, 3.8) is 0 Å². The molecule has 1 aromatic heterocycles. The SMILES string of the molecule is CCCc1c(NCc2cccc(OC)c2)cnn(C(C)C)c1=O. The molecule has 0 unspecified atom stereocenters. The second-order valence-electron chi connectivity index (χ2n) is 5.84. The summed E-state index contributed by atoms with van der Waals surface area (Å²) in [5, 5.41) is 7.62. The summed E-state index contributed by atoms with van der Waals surface area (Å²) in [6.07, 6.45) is 3.42. The normalized spacial score (nSPS) is 10.8. The van der Waals surface area contributed by atoms with E-state index in [9.17, 15) is 4.79 Å². The number of hydrogen-bond donors (Lipinski definition) is 1. The molecule has 0 aliphatic carbocycles. The van der Waals surface area contributed by atoms with Crippen LogP contribution >= 0.6 is 0 Å². The van der Waals surface area contributed by atoms with Gasteiger partial charge in [0.1, 0.15) is 5.75 Å². The van der Waals surface area contributed by atoms with Gasteiger partial charge in [-0.05, 0) is 38.0 Å². The molecule has 0 fully saturated rings. The lowest BCUT2D eigenvalue weighted by atomic mass is 10.1. The monoisotopic (exact) mass is 315 g/mol. The number of nitrogens with zero attached hydrogens (tertiary/aromatic N) is 2. The first-order valence-corrected chi connectivity index (χ1v) is 8.04. The zero-order chi connectivity index (χ0) is 16.8. The summed E-state index contributed by atoms with van der Waals surface area (Å²) in [7, 11) is 1.65. The Bertz CT molecular complexity index is 708. The quantitative estimate of drug-likeness (QED) is 0.851. The summed E-state index contributed by atoms with van der Waals surface area (Å²) in [4.78, 5) is 12.6. The van der Waals surface area contributed by atoms with Crippen LogP contribution in [0.3, 0.4) is 0 Å². The fourth-order valence-corrected chi connectivity index (χ4v) is 2.50. The summed E-state index contributed by atoms with van der Waals surface area (Å²) in [5.41, 5.74) is 2.72. The van der Waals surface area contributed by atoms with Gasteiger partial charge in [-0.2, -0.15) is 5.10 Å². The van der Waals surface area contributed by atoms with Crippen molar-refractivity contribution < 1.29 is 4.74 Å². The van der Waals surface area contributed by atoms with Crippen molar-refractivity contribution in [2.45, 2.75) is 46.2 Å². The van der Waals surface area contributed by atoms with Crippen molar-refractivity contribution in [1.82, 2.24) is 9.78 Å². The second-order valence-corrected chi connectivity index (χ2v) is 5.84. The molecule has 5 heteroatoms. The molecule has 5 nitrogen and oxygen atoms in total. The van der Waals surface area contributed by atoms with E-state index in [0.29, 0.717) is 6.54 Å². The highest BCUT2D eigenvalue weighted by molar-refractivity contribution is 5.48. The van der Waals surface area contributed by atoms with Crippen molar-refractivity contribution in [3.8, 4) is 5.75 Å². The first-order chi connectivity index (χ1) is 11.1. The van der Waals surface area contributed by atoms with Crippen molar-refractivity contribution in [2.24, 2.45) is 0 Å². The zero-order valence-electron chi connectivity index (χ0n) is 14.3. The van der Waals surface area contributed by atoms with Gasteiger partial charge in [-0.25, -0.2) is 4.68 Å². The molecule has 0 saturated heterocycles. The minimum Gasteiger partial charge on any atom is -0.497 e. The van der Waals surface area contributed by atoms with Crippen molar-refractivity contribution >= 4 is 5.69 Å². The van der Waals surface area contributed by atoms with Crippen LogP contribution in [0.5, 0.6) is 5.75 Å². The Morgan fingerprint density at radius 3 is 2.78 bits per heavy atom. The topological polar surface area (TPSA) is 56.1 Å². The summed E-state index contributed by atoms with van der Waals surface area (Å²) < 4.78 is 6.78. The van der Waals surface area contributed by atoms with Gasteiger partial charge in [0.05, 0.1) is 25.0 Å². The maximum atomic E-state index is 12.6. The van der Waals surface area contributed by atoms with Crippen LogP contribution < -0.4 is 15.6 Å². The van der Waals surface area contributed by atoms with E-state index in [1.54, 1.807) is 18.0 Å². The molecule has 0 bridgehead atoms. The van der Waals surface area contributed by atoms with Crippen LogP contribution in [0, 0.1) is 0 Å². The number of hydrogen-bond acceptors (Lipinski definition) is 4. The average molecular weight is 315 g/mol. The van der Waals surface area contributed by atoms with Gasteiger partial charge < -0.3 is 10.1 Å². The lowest BCUT2D eigenvalue weighted by Crippen LogP contribution is -2.28. The smallest absolute Gasteiger partial charge is 0.272 e. The molecule has 2 aromatic rings. The molecule has 1 heterocycles. The average Bonchev–Trinajstić information content (AvgIpc) is 2.55. The number of nitrogens with one attached hydrogen (secondary N) is 1. The summed E-state index contributed by atoms with van der Waals surface area (Å²) in [6, 6.07) is 7.94. The highest BCUT2D eigenvalue weighted by atomic mass is 16.5. The predicted molar refractivity (Wildman–Crippen MR) is 93.2 cm³/mol. The Morgan fingerprint density at radius 2 is 2.13 bits per heavy atom. The van der Waals surface area contributed by atoms with E-state index in [-0.39, 0.29) is 11.6 Å². The summed E-state index contributed by atoms with van der Waals surface area (Å²) in [6.45, 7) is 6.63. The number of rotatable bonds is 7. The van der Waals surface area contributed by atoms with E-state index >= 15 is 0 Å². The lowest BCUT2D eigenvalue weighted by molar-refractivity contribution is 0.414. The summed E-state index contributed by atoms with van der Waals surface area (Å²) >= 11 is 0. The van der Waals surface area contributed by atoms with E-state index in [0.717, 1.165) is 35.4 Å². The Morgan fingerprint density at radius 1 is 1.35 bits per heavy atom. The van der Waals surface area contributed by atoms with E-state index in [1.807, 2.05) is 38.1 Å². The molecule has 0 atom stereocenters. The van der Waals surface area contributed by atoms with E-state index < -0.39 is 0 Å². The van der Waals surface area contributed by atoms with Crippen LogP contribution in [0.25, 0.3) is 0 Å². The third-order valence-corrected chi connectivity index (χ3v) is 3.71. The van der Waals surface area contributed by atoms with E-state index in [2.05, 4.69) is 17.3 Å². The van der Waals surface area contributed by atoms with Crippen LogP contribution in [-0.4, -0.2) is 16.9 Å². The lowest BCUT2D eigenvalue weighted by Gasteiger charge is -2.15. The number of benzene rings is 1. The van der Waals surface area contributed by atoms with Gasteiger partial charge in [0, 0.05) is 12.1 Å². The molecule has 1 N–H and O–H groups in total. The van der Waals surface area contributed by atoms with Crippen LogP contribution in [0.4, 0.5) is 5.69 Å². The molecule has 0 spiro atoms. The molecule has 1 aromatic carbocycles. The Labute approximate surface area is 137 Å². The molecule has 23 heavy (non-hydrogen) atoms. The number of ether oxygens (including phenoxy) is 1. The highest BCUT2D eigenvalue weighted by Crippen LogP contribution is 2.17. The first kappa shape index (κ1) is 17.1. The molecule has 0 amide bonds. The first-order valence-electron chi connectivity index (χ1n) is 8.04. The predicted octanol–water partition coefficient (Wildman–Crippen LogP) is 3.40. The molecular formula is C18H25N3O2. The van der Waals surface area contributed by atoms with Crippen LogP contribution in [0.2, 0.25) is 0 Å². The molecule has 0 aliphatic rings. The minimum atomic E-state index is -0.00232. The van der Waals surface area contributed by atoms with Crippen LogP contribution in [0.1, 0.15) is 44.4 Å². The Kier molecular flexibility index (Phi) is 5.79. The number of methoxy groups -OCH3 is 1. The molecule has 124 valence electrons. The number of anilines is 1. The third kappa shape index (κ3) is 4.12. The fraction of sp³-hybridized carbons (Fsp3) is 0.444. The van der Waals surface area contributed by atoms with Gasteiger partial charge in [0.25, 0.3) is 5.56 Å². The maximum Gasteiger partial charge on any atom is 0.272 e.